The number of rotatable bonds is 4. The van der Waals surface area contributed by atoms with Crippen LogP contribution in [0.2, 0.25) is 0 Å². The van der Waals surface area contributed by atoms with E-state index in [1.807, 2.05) is 0 Å². The first-order chi connectivity index (χ1) is 8.33. The lowest BCUT2D eigenvalue weighted by molar-refractivity contribution is 0.259. The van der Waals surface area contributed by atoms with E-state index in [1.54, 1.807) is 14.2 Å². The molecule has 0 fully saturated rings. The molecule has 0 unspecified atom stereocenters. The Bertz CT molecular complexity index is 353. The predicted molar refractivity (Wildman–Crippen MR) is 72.7 cm³/mol. The standard InChI is InChI=1S/C14H20O2Si/c1-15-17(16-2,13-9-5-3-6-10-13)14-11-7-4-8-12-14/h3-5,7,9,11H,6,8,10,12H2,1-2H3. The van der Waals surface area contributed by atoms with Crippen molar-refractivity contribution in [1.29, 1.82) is 0 Å². The van der Waals surface area contributed by atoms with Crippen LogP contribution in [-0.2, 0) is 8.85 Å². The van der Waals surface area contributed by atoms with Crippen LogP contribution in [0.15, 0.2) is 46.8 Å². The summed E-state index contributed by atoms with van der Waals surface area (Å²) in [5.41, 5.74) is 0. The Morgan fingerprint density at radius 2 is 1.35 bits per heavy atom. The van der Waals surface area contributed by atoms with Gasteiger partial charge in [-0.2, -0.15) is 0 Å². The third-order valence-corrected chi connectivity index (χ3v) is 7.12. The molecule has 2 aliphatic carbocycles. The van der Waals surface area contributed by atoms with Crippen molar-refractivity contribution < 1.29 is 8.85 Å². The van der Waals surface area contributed by atoms with E-state index < -0.39 is 8.56 Å². The molecule has 2 rings (SSSR count). The average molecular weight is 248 g/mol. The lowest BCUT2D eigenvalue weighted by Gasteiger charge is -2.33. The maximum Gasteiger partial charge on any atom is 0.398 e. The van der Waals surface area contributed by atoms with Crippen LogP contribution in [0.25, 0.3) is 0 Å². The van der Waals surface area contributed by atoms with Crippen LogP contribution in [0.1, 0.15) is 25.7 Å². The first kappa shape index (κ1) is 12.6. The van der Waals surface area contributed by atoms with Gasteiger partial charge in [0, 0.05) is 14.2 Å². The fourth-order valence-electron chi connectivity index (χ4n) is 2.57. The molecule has 0 saturated heterocycles. The normalized spacial score (nSPS) is 20.1. The van der Waals surface area contributed by atoms with Gasteiger partial charge in [-0.15, -0.1) is 0 Å². The molecular weight excluding hydrogens is 228 g/mol. The van der Waals surface area contributed by atoms with Crippen molar-refractivity contribution in [3.8, 4) is 0 Å². The minimum absolute atomic E-state index is 1.06. The second-order valence-electron chi connectivity index (χ2n) is 4.34. The molecule has 0 aromatic carbocycles. The smallest absolute Gasteiger partial charge is 0.391 e. The Labute approximate surface area is 105 Å². The summed E-state index contributed by atoms with van der Waals surface area (Å²) in [5.74, 6) is 0. The predicted octanol–water partition coefficient (Wildman–Crippen LogP) is 3.35. The molecule has 2 aliphatic rings. The number of hydrogen-bond acceptors (Lipinski definition) is 2. The zero-order valence-corrected chi connectivity index (χ0v) is 11.6. The third-order valence-electron chi connectivity index (χ3n) is 3.45. The van der Waals surface area contributed by atoms with Crippen LogP contribution in [0.5, 0.6) is 0 Å². The van der Waals surface area contributed by atoms with Gasteiger partial charge in [0.05, 0.1) is 0 Å². The summed E-state index contributed by atoms with van der Waals surface area (Å²) in [4.78, 5) is 0. The van der Waals surface area contributed by atoms with E-state index in [-0.39, 0.29) is 0 Å². The van der Waals surface area contributed by atoms with E-state index in [2.05, 4.69) is 36.5 Å². The number of allylic oxidation sites excluding steroid dienone is 8. The van der Waals surface area contributed by atoms with Crippen molar-refractivity contribution in [3.63, 3.8) is 0 Å². The Kier molecular flexibility index (Phi) is 4.15. The van der Waals surface area contributed by atoms with Gasteiger partial charge >= 0.3 is 8.56 Å². The molecule has 0 amide bonds. The summed E-state index contributed by atoms with van der Waals surface area (Å²) < 4.78 is 11.8. The average Bonchev–Trinajstić information content (AvgIpc) is 2.43. The summed E-state index contributed by atoms with van der Waals surface area (Å²) in [6, 6.07) is 0. The van der Waals surface area contributed by atoms with Crippen LogP contribution < -0.4 is 0 Å². The van der Waals surface area contributed by atoms with Gasteiger partial charge in [-0.1, -0.05) is 36.5 Å². The molecule has 0 aliphatic heterocycles. The van der Waals surface area contributed by atoms with Gasteiger partial charge in [0.25, 0.3) is 0 Å². The van der Waals surface area contributed by atoms with Crippen LogP contribution in [0.4, 0.5) is 0 Å². The summed E-state index contributed by atoms with van der Waals surface area (Å²) >= 11 is 0. The van der Waals surface area contributed by atoms with Crippen molar-refractivity contribution in [2.45, 2.75) is 25.7 Å². The molecule has 0 saturated carbocycles. The molecule has 17 heavy (non-hydrogen) atoms. The molecule has 0 aromatic heterocycles. The van der Waals surface area contributed by atoms with Crippen LogP contribution in [0, 0.1) is 0 Å². The molecule has 0 atom stereocenters. The van der Waals surface area contributed by atoms with E-state index in [0.717, 1.165) is 25.7 Å². The van der Waals surface area contributed by atoms with Gasteiger partial charge in [-0.3, -0.25) is 0 Å². The molecule has 0 aromatic rings. The van der Waals surface area contributed by atoms with Gasteiger partial charge in [0.1, 0.15) is 0 Å². The van der Waals surface area contributed by atoms with E-state index >= 15 is 0 Å². The van der Waals surface area contributed by atoms with Crippen molar-refractivity contribution in [1.82, 2.24) is 0 Å². The van der Waals surface area contributed by atoms with Gasteiger partial charge in [0.2, 0.25) is 0 Å². The fraction of sp³-hybridized carbons (Fsp3) is 0.429. The Hall–Kier alpha value is -0.903. The molecule has 3 heteroatoms. The highest BCUT2D eigenvalue weighted by molar-refractivity contribution is 6.81. The van der Waals surface area contributed by atoms with Crippen LogP contribution >= 0.6 is 0 Å². The van der Waals surface area contributed by atoms with Crippen molar-refractivity contribution in [2.75, 3.05) is 14.2 Å². The summed E-state index contributed by atoms with van der Waals surface area (Å²) in [6.07, 6.45) is 17.3. The zero-order chi connectivity index (χ0) is 12.1. The van der Waals surface area contributed by atoms with E-state index in [1.165, 1.54) is 10.4 Å². The van der Waals surface area contributed by atoms with Gasteiger partial charge in [-0.25, -0.2) is 0 Å². The first-order valence-corrected chi connectivity index (χ1v) is 7.98. The van der Waals surface area contributed by atoms with E-state index in [9.17, 15) is 0 Å². The second-order valence-corrected chi connectivity index (χ2v) is 7.68. The van der Waals surface area contributed by atoms with E-state index in [4.69, 9.17) is 8.85 Å². The largest absolute Gasteiger partial charge is 0.398 e. The highest BCUT2D eigenvalue weighted by Crippen LogP contribution is 2.34. The summed E-state index contributed by atoms with van der Waals surface area (Å²) in [6.45, 7) is 0. The molecule has 0 radical (unpaired) electrons. The second kappa shape index (κ2) is 5.62. The third kappa shape index (κ3) is 2.36. The van der Waals surface area contributed by atoms with E-state index in [0.29, 0.717) is 0 Å². The van der Waals surface area contributed by atoms with Crippen LogP contribution in [0.3, 0.4) is 0 Å². The SMILES string of the molecule is CO[Si](OC)(C1=CC=CCC1)C1=CC=CCC1. The fourth-order valence-corrected chi connectivity index (χ4v) is 5.77. The monoisotopic (exact) mass is 248 g/mol. The maximum absolute atomic E-state index is 5.88. The molecule has 0 bridgehead atoms. The Morgan fingerprint density at radius 1 is 0.882 bits per heavy atom. The zero-order valence-electron chi connectivity index (χ0n) is 10.6. The molecule has 92 valence electrons. The Balaban J connectivity index is 2.37. The van der Waals surface area contributed by atoms with Crippen molar-refractivity contribution in [3.05, 3.63) is 46.8 Å². The van der Waals surface area contributed by atoms with Gasteiger partial charge in [-0.05, 0) is 36.1 Å². The van der Waals surface area contributed by atoms with Gasteiger partial charge < -0.3 is 8.85 Å². The molecule has 2 nitrogen and oxygen atoms in total. The molecule has 0 heterocycles. The Morgan fingerprint density at radius 3 is 1.65 bits per heavy atom. The van der Waals surface area contributed by atoms with Crippen molar-refractivity contribution in [2.24, 2.45) is 0 Å². The summed E-state index contributed by atoms with van der Waals surface area (Å²) in [5, 5.41) is 2.71. The lowest BCUT2D eigenvalue weighted by atomic mass is 10.2. The number of hydrogen-bond donors (Lipinski definition) is 0. The lowest BCUT2D eigenvalue weighted by Crippen LogP contribution is -2.46. The minimum atomic E-state index is -2.32. The first-order valence-electron chi connectivity index (χ1n) is 6.16. The molecule has 0 spiro atoms. The molecule has 0 N–H and O–H groups in total. The minimum Gasteiger partial charge on any atom is -0.391 e. The van der Waals surface area contributed by atoms with Crippen LogP contribution in [-0.4, -0.2) is 22.8 Å². The van der Waals surface area contributed by atoms with Crippen molar-refractivity contribution >= 4 is 8.56 Å². The molecular formula is C14H20O2Si. The van der Waals surface area contributed by atoms with Gasteiger partial charge in [0.15, 0.2) is 0 Å². The highest BCUT2D eigenvalue weighted by Gasteiger charge is 2.43. The topological polar surface area (TPSA) is 18.5 Å². The quantitative estimate of drug-likeness (QED) is 0.710. The summed E-state index contributed by atoms with van der Waals surface area (Å²) in [7, 11) is 1.25. The highest BCUT2D eigenvalue weighted by atomic mass is 28.4. The maximum atomic E-state index is 5.88.